The topological polar surface area (TPSA) is 29.3 Å². The largest absolute Gasteiger partial charge is 0.327 e. The summed E-state index contributed by atoms with van der Waals surface area (Å²) >= 11 is 0. The highest BCUT2D eigenvalue weighted by Crippen LogP contribution is 2.23. The number of hydrogen-bond acceptors (Lipinski definition) is 2. The van der Waals surface area contributed by atoms with Crippen molar-refractivity contribution in [1.29, 1.82) is 0 Å². The van der Waals surface area contributed by atoms with Gasteiger partial charge < -0.3 is 10.6 Å². The first-order chi connectivity index (χ1) is 6.63. The molecule has 14 heavy (non-hydrogen) atoms. The van der Waals surface area contributed by atoms with E-state index in [1.54, 1.807) is 0 Å². The summed E-state index contributed by atoms with van der Waals surface area (Å²) in [6.07, 6.45) is 3.83. The number of unbranched alkanes of at least 4 members (excludes halogenated alkanes) is 1. The molecule has 0 aromatic heterocycles. The molecule has 0 aliphatic carbocycles. The molecule has 1 rings (SSSR count). The summed E-state index contributed by atoms with van der Waals surface area (Å²) in [6, 6.07) is 0.410. The van der Waals surface area contributed by atoms with Crippen molar-refractivity contribution < 1.29 is 0 Å². The maximum absolute atomic E-state index is 6.08. The van der Waals surface area contributed by atoms with E-state index in [2.05, 4.69) is 25.7 Å². The summed E-state index contributed by atoms with van der Waals surface area (Å²) in [5.41, 5.74) is 6.08. The fraction of sp³-hybridized carbons (Fsp3) is 1.00. The van der Waals surface area contributed by atoms with Gasteiger partial charge in [-0.3, -0.25) is 0 Å². The third-order valence-electron chi connectivity index (χ3n) is 3.36. The smallest absolute Gasteiger partial charge is 0.0171 e. The van der Waals surface area contributed by atoms with Crippen LogP contribution in [0, 0.1) is 11.8 Å². The maximum Gasteiger partial charge on any atom is 0.0171 e. The second-order valence-electron chi connectivity index (χ2n) is 5.11. The van der Waals surface area contributed by atoms with Gasteiger partial charge in [0.25, 0.3) is 0 Å². The van der Waals surface area contributed by atoms with Crippen molar-refractivity contribution in [1.82, 2.24) is 4.90 Å². The number of nitrogens with zero attached hydrogens (tertiary/aromatic N) is 1. The van der Waals surface area contributed by atoms with E-state index in [1.807, 2.05) is 0 Å². The molecule has 0 saturated carbocycles. The SMILES string of the molecule is CCCCN1CC(N)CC(C(C)C)C1. The molecule has 1 aliphatic rings. The molecule has 2 heteroatoms. The van der Waals surface area contributed by atoms with Gasteiger partial charge in [-0.2, -0.15) is 0 Å². The van der Waals surface area contributed by atoms with Crippen molar-refractivity contribution in [3.8, 4) is 0 Å². The molecule has 2 atom stereocenters. The second kappa shape index (κ2) is 5.72. The van der Waals surface area contributed by atoms with E-state index in [9.17, 15) is 0 Å². The molecule has 2 unspecified atom stereocenters. The van der Waals surface area contributed by atoms with Crippen molar-refractivity contribution in [2.45, 2.75) is 46.1 Å². The molecule has 0 amide bonds. The fourth-order valence-corrected chi connectivity index (χ4v) is 2.32. The Labute approximate surface area is 88.8 Å². The minimum absolute atomic E-state index is 0.410. The first kappa shape index (κ1) is 12.0. The number of hydrogen-bond donors (Lipinski definition) is 1. The summed E-state index contributed by atoms with van der Waals surface area (Å²) in [5, 5.41) is 0. The highest BCUT2D eigenvalue weighted by atomic mass is 15.1. The van der Waals surface area contributed by atoms with E-state index < -0.39 is 0 Å². The zero-order valence-electron chi connectivity index (χ0n) is 10.00. The minimum atomic E-state index is 0.410. The molecule has 0 aromatic carbocycles. The van der Waals surface area contributed by atoms with Crippen LogP contribution in [0.4, 0.5) is 0 Å². The zero-order valence-corrected chi connectivity index (χ0v) is 10.00. The van der Waals surface area contributed by atoms with Gasteiger partial charge in [-0.15, -0.1) is 0 Å². The normalized spacial score (nSPS) is 29.8. The predicted octanol–water partition coefficient (Wildman–Crippen LogP) is 2.09. The van der Waals surface area contributed by atoms with Crippen LogP contribution in [0.15, 0.2) is 0 Å². The fourth-order valence-electron chi connectivity index (χ4n) is 2.32. The quantitative estimate of drug-likeness (QED) is 0.749. The Morgan fingerprint density at radius 1 is 1.36 bits per heavy atom. The van der Waals surface area contributed by atoms with Gasteiger partial charge in [0.05, 0.1) is 0 Å². The summed E-state index contributed by atoms with van der Waals surface area (Å²) in [7, 11) is 0. The van der Waals surface area contributed by atoms with Crippen molar-refractivity contribution in [2.24, 2.45) is 17.6 Å². The predicted molar refractivity (Wildman–Crippen MR) is 62.3 cm³/mol. The molecule has 2 N–H and O–H groups in total. The summed E-state index contributed by atoms with van der Waals surface area (Å²) < 4.78 is 0. The Morgan fingerprint density at radius 3 is 2.64 bits per heavy atom. The standard InChI is InChI=1S/C12H26N2/c1-4-5-6-14-8-11(10(2)3)7-12(13)9-14/h10-12H,4-9,13H2,1-3H3. The molecule has 0 radical (unpaired) electrons. The minimum Gasteiger partial charge on any atom is -0.327 e. The van der Waals surface area contributed by atoms with Crippen LogP contribution in [0.2, 0.25) is 0 Å². The Bertz CT molecular complexity index is 156. The van der Waals surface area contributed by atoms with E-state index in [4.69, 9.17) is 5.73 Å². The zero-order chi connectivity index (χ0) is 10.6. The van der Waals surface area contributed by atoms with Crippen molar-refractivity contribution in [3.05, 3.63) is 0 Å². The van der Waals surface area contributed by atoms with Crippen LogP contribution in [0.3, 0.4) is 0 Å². The van der Waals surface area contributed by atoms with Crippen LogP contribution in [0.5, 0.6) is 0 Å². The lowest BCUT2D eigenvalue weighted by molar-refractivity contribution is 0.128. The van der Waals surface area contributed by atoms with Crippen LogP contribution in [0.1, 0.15) is 40.0 Å². The number of nitrogens with two attached hydrogens (primary N) is 1. The van der Waals surface area contributed by atoms with Crippen LogP contribution >= 0.6 is 0 Å². The lowest BCUT2D eigenvalue weighted by Crippen LogP contribution is -2.48. The first-order valence-corrected chi connectivity index (χ1v) is 6.11. The summed E-state index contributed by atoms with van der Waals surface area (Å²) in [4.78, 5) is 2.56. The number of piperidine rings is 1. The van der Waals surface area contributed by atoms with E-state index in [0.29, 0.717) is 6.04 Å². The third-order valence-corrected chi connectivity index (χ3v) is 3.36. The van der Waals surface area contributed by atoms with E-state index >= 15 is 0 Å². The molecule has 1 fully saturated rings. The molecular weight excluding hydrogens is 172 g/mol. The average Bonchev–Trinajstić information content (AvgIpc) is 2.14. The summed E-state index contributed by atoms with van der Waals surface area (Å²) in [6.45, 7) is 10.5. The van der Waals surface area contributed by atoms with Crippen LogP contribution in [-0.2, 0) is 0 Å². The Kier molecular flexibility index (Phi) is 4.90. The van der Waals surface area contributed by atoms with Gasteiger partial charge in [0.1, 0.15) is 0 Å². The van der Waals surface area contributed by atoms with Gasteiger partial charge in [0.15, 0.2) is 0 Å². The molecule has 1 saturated heterocycles. The maximum atomic E-state index is 6.08. The second-order valence-corrected chi connectivity index (χ2v) is 5.11. The van der Waals surface area contributed by atoms with E-state index in [0.717, 1.165) is 18.4 Å². The molecule has 1 heterocycles. The van der Waals surface area contributed by atoms with Gasteiger partial charge in [0.2, 0.25) is 0 Å². The van der Waals surface area contributed by atoms with Gasteiger partial charge in [-0.05, 0) is 31.2 Å². The van der Waals surface area contributed by atoms with Crippen LogP contribution < -0.4 is 5.73 Å². The first-order valence-electron chi connectivity index (χ1n) is 6.11. The van der Waals surface area contributed by atoms with Gasteiger partial charge in [-0.1, -0.05) is 27.2 Å². The lowest BCUT2D eigenvalue weighted by Gasteiger charge is -2.38. The van der Waals surface area contributed by atoms with Gasteiger partial charge in [-0.25, -0.2) is 0 Å². The Morgan fingerprint density at radius 2 is 2.07 bits per heavy atom. The lowest BCUT2D eigenvalue weighted by atomic mass is 9.86. The highest BCUT2D eigenvalue weighted by molar-refractivity contribution is 4.82. The monoisotopic (exact) mass is 198 g/mol. The molecule has 0 aromatic rings. The summed E-state index contributed by atoms with van der Waals surface area (Å²) in [5.74, 6) is 1.60. The molecule has 0 spiro atoms. The number of rotatable bonds is 4. The molecule has 2 nitrogen and oxygen atoms in total. The van der Waals surface area contributed by atoms with Crippen molar-refractivity contribution in [2.75, 3.05) is 19.6 Å². The molecular formula is C12H26N2. The van der Waals surface area contributed by atoms with E-state index in [1.165, 1.54) is 32.4 Å². The van der Waals surface area contributed by atoms with Gasteiger partial charge >= 0.3 is 0 Å². The number of likely N-dealkylation sites (tertiary alicyclic amines) is 1. The Balaban J connectivity index is 2.37. The van der Waals surface area contributed by atoms with Crippen LogP contribution in [0.25, 0.3) is 0 Å². The van der Waals surface area contributed by atoms with Crippen LogP contribution in [-0.4, -0.2) is 30.6 Å². The third kappa shape index (κ3) is 3.58. The molecule has 84 valence electrons. The highest BCUT2D eigenvalue weighted by Gasteiger charge is 2.26. The van der Waals surface area contributed by atoms with Gasteiger partial charge in [0, 0.05) is 19.1 Å². The van der Waals surface area contributed by atoms with E-state index in [-0.39, 0.29) is 0 Å². The molecule has 1 aliphatic heterocycles. The van der Waals surface area contributed by atoms with Crippen molar-refractivity contribution in [3.63, 3.8) is 0 Å². The van der Waals surface area contributed by atoms with Crippen molar-refractivity contribution >= 4 is 0 Å². The average molecular weight is 198 g/mol. The molecule has 0 bridgehead atoms. The Hall–Kier alpha value is -0.0800.